The van der Waals surface area contributed by atoms with Gasteiger partial charge >= 0.3 is 0 Å². The highest BCUT2D eigenvalue weighted by Crippen LogP contribution is 2.20. The first-order valence-electron chi connectivity index (χ1n) is 5.97. The standard InChI is InChI=1S/C13H21N3O3/c1-16(2)13(18)9-4-5-12(11(14)6-9)15-7-10(17)8-19-3/h4-6,10,15,17H,7-8,14H2,1-3H3. The number of nitrogens with zero attached hydrogens (tertiary/aromatic N) is 1. The van der Waals surface area contributed by atoms with Gasteiger partial charge < -0.3 is 25.8 Å². The van der Waals surface area contributed by atoms with Crippen LogP contribution in [0.15, 0.2) is 18.2 Å². The Bertz CT molecular complexity index is 435. The van der Waals surface area contributed by atoms with E-state index in [0.717, 1.165) is 0 Å². The van der Waals surface area contributed by atoms with Crippen molar-refractivity contribution in [2.75, 3.05) is 45.4 Å². The summed E-state index contributed by atoms with van der Waals surface area (Å²) in [6.07, 6.45) is -0.604. The molecular weight excluding hydrogens is 246 g/mol. The molecule has 0 aliphatic heterocycles. The average Bonchev–Trinajstić information content (AvgIpc) is 2.36. The molecule has 1 amide bonds. The number of carbonyl (C=O) groups is 1. The summed E-state index contributed by atoms with van der Waals surface area (Å²) in [7, 11) is 4.90. The number of amides is 1. The highest BCUT2D eigenvalue weighted by Gasteiger charge is 2.10. The Morgan fingerprint density at radius 3 is 2.74 bits per heavy atom. The van der Waals surface area contributed by atoms with Crippen molar-refractivity contribution in [2.45, 2.75) is 6.10 Å². The van der Waals surface area contributed by atoms with Crippen LogP contribution < -0.4 is 11.1 Å². The largest absolute Gasteiger partial charge is 0.397 e. The number of carbonyl (C=O) groups excluding carboxylic acids is 1. The molecule has 19 heavy (non-hydrogen) atoms. The Labute approximate surface area is 113 Å². The smallest absolute Gasteiger partial charge is 0.253 e. The zero-order chi connectivity index (χ0) is 14.4. The number of benzene rings is 1. The van der Waals surface area contributed by atoms with E-state index in [-0.39, 0.29) is 12.5 Å². The number of aliphatic hydroxyl groups excluding tert-OH is 1. The number of methoxy groups -OCH3 is 1. The molecule has 4 N–H and O–H groups in total. The minimum atomic E-state index is -0.604. The van der Waals surface area contributed by atoms with Crippen molar-refractivity contribution in [1.82, 2.24) is 4.90 Å². The molecule has 0 heterocycles. The molecule has 0 saturated carbocycles. The molecular formula is C13H21N3O3. The number of hydrogen-bond donors (Lipinski definition) is 3. The molecule has 0 saturated heterocycles. The number of nitrogens with one attached hydrogen (secondary N) is 1. The van der Waals surface area contributed by atoms with Crippen LogP contribution in [0.1, 0.15) is 10.4 Å². The fourth-order valence-corrected chi connectivity index (χ4v) is 1.59. The molecule has 1 rings (SSSR count). The highest BCUT2D eigenvalue weighted by atomic mass is 16.5. The Morgan fingerprint density at radius 1 is 1.53 bits per heavy atom. The molecule has 0 fully saturated rings. The maximum atomic E-state index is 11.8. The summed E-state index contributed by atoms with van der Waals surface area (Å²) in [6, 6.07) is 5.04. The Balaban J connectivity index is 2.70. The first kappa shape index (κ1) is 15.3. The van der Waals surface area contributed by atoms with E-state index in [1.165, 1.54) is 12.0 Å². The van der Waals surface area contributed by atoms with E-state index in [1.54, 1.807) is 32.3 Å². The third-order valence-corrected chi connectivity index (χ3v) is 2.59. The summed E-state index contributed by atoms with van der Waals surface area (Å²) in [5, 5.41) is 12.5. The van der Waals surface area contributed by atoms with Gasteiger partial charge in [-0.1, -0.05) is 0 Å². The molecule has 0 aliphatic carbocycles. The number of ether oxygens (including phenoxy) is 1. The number of anilines is 2. The molecule has 1 aromatic carbocycles. The normalized spacial score (nSPS) is 12.0. The molecule has 1 aromatic rings. The predicted octanol–water partition coefficient (Wildman–Crippen LogP) is 0.390. The number of hydrogen-bond acceptors (Lipinski definition) is 5. The van der Waals surface area contributed by atoms with Crippen LogP contribution in [0, 0.1) is 0 Å². The van der Waals surface area contributed by atoms with E-state index >= 15 is 0 Å². The minimum absolute atomic E-state index is 0.0994. The lowest BCUT2D eigenvalue weighted by Crippen LogP contribution is -2.25. The van der Waals surface area contributed by atoms with Gasteiger partial charge in [0.25, 0.3) is 5.91 Å². The van der Waals surface area contributed by atoms with Gasteiger partial charge in [0, 0.05) is 33.3 Å². The van der Waals surface area contributed by atoms with Gasteiger partial charge in [-0.2, -0.15) is 0 Å². The first-order chi connectivity index (χ1) is 8.95. The lowest BCUT2D eigenvalue weighted by Gasteiger charge is -2.15. The van der Waals surface area contributed by atoms with E-state index in [4.69, 9.17) is 10.5 Å². The third-order valence-electron chi connectivity index (χ3n) is 2.59. The SMILES string of the molecule is COCC(O)CNc1ccc(C(=O)N(C)C)cc1N. The second kappa shape index (κ2) is 6.96. The summed E-state index contributed by atoms with van der Waals surface area (Å²) in [5.41, 5.74) is 7.56. The van der Waals surface area contributed by atoms with Crippen LogP contribution in [0.25, 0.3) is 0 Å². The zero-order valence-corrected chi connectivity index (χ0v) is 11.5. The van der Waals surface area contributed by atoms with Crippen molar-refractivity contribution < 1.29 is 14.6 Å². The van der Waals surface area contributed by atoms with Crippen LogP contribution in [0.2, 0.25) is 0 Å². The summed E-state index contributed by atoms with van der Waals surface area (Å²) in [4.78, 5) is 13.2. The van der Waals surface area contributed by atoms with Crippen molar-refractivity contribution in [2.24, 2.45) is 0 Å². The second-order valence-electron chi connectivity index (χ2n) is 4.49. The summed E-state index contributed by atoms with van der Waals surface area (Å²) in [6.45, 7) is 0.586. The van der Waals surface area contributed by atoms with Crippen LogP contribution in [0.3, 0.4) is 0 Å². The van der Waals surface area contributed by atoms with Gasteiger partial charge in [0.1, 0.15) is 0 Å². The van der Waals surface area contributed by atoms with Gasteiger partial charge in [-0.3, -0.25) is 4.79 Å². The summed E-state index contributed by atoms with van der Waals surface area (Å²) in [5.74, 6) is -0.0994. The molecule has 6 nitrogen and oxygen atoms in total. The number of nitrogens with two attached hydrogens (primary N) is 1. The van der Waals surface area contributed by atoms with Crippen LogP contribution >= 0.6 is 0 Å². The maximum absolute atomic E-state index is 11.8. The van der Waals surface area contributed by atoms with Crippen LogP contribution in [-0.2, 0) is 4.74 Å². The Kier molecular flexibility index (Phi) is 5.59. The van der Waals surface area contributed by atoms with Crippen LogP contribution in [-0.4, -0.2) is 56.4 Å². The van der Waals surface area contributed by atoms with Crippen LogP contribution in [0.5, 0.6) is 0 Å². The predicted molar refractivity (Wildman–Crippen MR) is 75.2 cm³/mol. The van der Waals surface area contributed by atoms with Crippen molar-refractivity contribution >= 4 is 17.3 Å². The number of rotatable bonds is 6. The number of aliphatic hydroxyl groups is 1. The number of nitrogen functional groups attached to an aromatic ring is 1. The van der Waals surface area contributed by atoms with Crippen molar-refractivity contribution in [3.8, 4) is 0 Å². The Morgan fingerprint density at radius 2 is 2.21 bits per heavy atom. The molecule has 6 heteroatoms. The zero-order valence-electron chi connectivity index (χ0n) is 11.5. The third kappa shape index (κ3) is 4.42. The fraction of sp³-hybridized carbons (Fsp3) is 0.462. The van der Waals surface area contributed by atoms with E-state index in [2.05, 4.69) is 5.32 Å². The molecule has 0 aliphatic rings. The first-order valence-corrected chi connectivity index (χ1v) is 5.97. The van der Waals surface area contributed by atoms with Gasteiger partial charge in [-0.15, -0.1) is 0 Å². The van der Waals surface area contributed by atoms with E-state index in [9.17, 15) is 9.90 Å². The quantitative estimate of drug-likeness (QED) is 0.649. The Hall–Kier alpha value is -1.79. The van der Waals surface area contributed by atoms with Gasteiger partial charge in [-0.25, -0.2) is 0 Å². The van der Waals surface area contributed by atoms with Crippen molar-refractivity contribution in [3.05, 3.63) is 23.8 Å². The van der Waals surface area contributed by atoms with Gasteiger partial charge in [0.05, 0.1) is 24.1 Å². The topological polar surface area (TPSA) is 87.8 Å². The lowest BCUT2D eigenvalue weighted by atomic mass is 10.1. The van der Waals surface area contributed by atoms with E-state index in [0.29, 0.717) is 23.5 Å². The molecule has 1 unspecified atom stereocenters. The fourth-order valence-electron chi connectivity index (χ4n) is 1.59. The van der Waals surface area contributed by atoms with Gasteiger partial charge in [-0.05, 0) is 18.2 Å². The highest BCUT2D eigenvalue weighted by molar-refractivity contribution is 5.95. The summed E-state index contributed by atoms with van der Waals surface area (Å²) < 4.78 is 4.83. The van der Waals surface area contributed by atoms with E-state index < -0.39 is 6.10 Å². The van der Waals surface area contributed by atoms with Crippen LogP contribution in [0.4, 0.5) is 11.4 Å². The molecule has 0 bridgehead atoms. The van der Waals surface area contributed by atoms with Crippen molar-refractivity contribution in [1.29, 1.82) is 0 Å². The van der Waals surface area contributed by atoms with E-state index in [1.807, 2.05) is 0 Å². The maximum Gasteiger partial charge on any atom is 0.253 e. The molecule has 0 spiro atoms. The van der Waals surface area contributed by atoms with Crippen molar-refractivity contribution in [3.63, 3.8) is 0 Å². The molecule has 0 radical (unpaired) electrons. The second-order valence-corrected chi connectivity index (χ2v) is 4.49. The lowest BCUT2D eigenvalue weighted by molar-refractivity contribution is 0.0727. The molecule has 1 atom stereocenters. The monoisotopic (exact) mass is 267 g/mol. The molecule has 0 aromatic heterocycles. The average molecular weight is 267 g/mol. The summed E-state index contributed by atoms with van der Waals surface area (Å²) >= 11 is 0. The molecule has 106 valence electrons. The minimum Gasteiger partial charge on any atom is -0.397 e. The van der Waals surface area contributed by atoms with Gasteiger partial charge in [0.15, 0.2) is 0 Å². The van der Waals surface area contributed by atoms with Gasteiger partial charge in [0.2, 0.25) is 0 Å².